The molecule has 2 atom stereocenters. The van der Waals surface area contributed by atoms with Gasteiger partial charge in [0.25, 0.3) is 0 Å². The second-order valence-corrected chi connectivity index (χ2v) is 7.26. The molecule has 0 aromatic rings. The summed E-state index contributed by atoms with van der Waals surface area (Å²) in [6.07, 6.45) is 3.76. The highest BCUT2D eigenvalue weighted by molar-refractivity contribution is 8.00. The summed E-state index contributed by atoms with van der Waals surface area (Å²) in [5.74, 6) is 7.46. The number of hydrazine groups is 1. The molecule has 0 bridgehead atoms. The summed E-state index contributed by atoms with van der Waals surface area (Å²) in [4.78, 5) is 0. The zero-order valence-corrected chi connectivity index (χ0v) is 11.8. The first-order valence-corrected chi connectivity index (χ1v) is 6.97. The van der Waals surface area contributed by atoms with Gasteiger partial charge in [0.05, 0.1) is 0 Å². The summed E-state index contributed by atoms with van der Waals surface area (Å²) in [6, 6.07) is 0.454. The van der Waals surface area contributed by atoms with Crippen molar-refractivity contribution in [2.45, 2.75) is 64.7 Å². The van der Waals surface area contributed by atoms with Crippen LogP contribution in [0.25, 0.3) is 0 Å². The molecule has 0 spiro atoms. The molecule has 3 heteroatoms. The number of nitrogens with two attached hydrogens (primary N) is 1. The van der Waals surface area contributed by atoms with Gasteiger partial charge in [0.15, 0.2) is 0 Å². The van der Waals surface area contributed by atoms with Gasteiger partial charge in [-0.25, -0.2) is 0 Å². The van der Waals surface area contributed by atoms with Gasteiger partial charge in [0.2, 0.25) is 0 Å². The van der Waals surface area contributed by atoms with Gasteiger partial charge in [0.1, 0.15) is 0 Å². The highest BCUT2D eigenvalue weighted by Crippen LogP contribution is 2.25. The van der Waals surface area contributed by atoms with E-state index in [4.69, 9.17) is 5.84 Å². The van der Waals surface area contributed by atoms with E-state index in [2.05, 4.69) is 40.0 Å². The summed E-state index contributed by atoms with van der Waals surface area (Å²) < 4.78 is 0.336. The Morgan fingerprint density at radius 2 is 1.93 bits per heavy atom. The van der Waals surface area contributed by atoms with Crippen LogP contribution in [0.2, 0.25) is 0 Å². The summed E-state index contributed by atoms with van der Waals surface area (Å²) >= 11 is 1.98. The fourth-order valence-corrected chi connectivity index (χ4v) is 2.56. The van der Waals surface area contributed by atoms with Crippen LogP contribution in [0.4, 0.5) is 0 Å². The molecule has 0 aromatic heterocycles. The molecule has 0 aliphatic heterocycles. The van der Waals surface area contributed by atoms with E-state index in [1.807, 2.05) is 11.8 Å². The average Bonchev–Trinajstić information content (AvgIpc) is 2.11. The maximum Gasteiger partial charge on any atom is 0.0303 e. The highest BCUT2D eigenvalue weighted by Gasteiger charge is 2.16. The van der Waals surface area contributed by atoms with E-state index in [-0.39, 0.29) is 0 Å². The second kappa shape index (κ2) is 7.53. The number of hydrogen-bond donors (Lipinski definition) is 2. The predicted molar refractivity (Wildman–Crippen MR) is 72.0 cm³/mol. The molecule has 15 heavy (non-hydrogen) atoms. The molecule has 2 unspecified atom stereocenters. The Morgan fingerprint density at radius 1 is 1.33 bits per heavy atom. The summed E-state index contributed by atoms with van der Waals surface area (Å²) in [5, 5.41) is 0. The van der Waals surface area contributed by atoms with E-state index in [0.29, 0.717) is 10.8 Å². The normalized spacial score (nSPS) is 16.4. The van der Waals surface area contributed by atoms with Crippen molar-refractivity contribution in [3.63, 3.8) is 0 Å². The lowest BCUT2D eigenvalue weighted by Crippen LogP contribution is -2.39. The molecule has 0 saturated heterocycles. The van der Waals surface area contributed by atoms with E-state index in [9.17, 15) is 0 Å². The topological polar surface area (TPSA) is 38.0 Å². The van der Waals surface area contributed by atoms with Crippen molar-refractivity contribution in [3.05, 3.63) is 0 Å². The van der Waals surface area contributed by atoms with Crippen LogP contribution < -0.4 is 11.3 Å². The molecule has 0 amide bonds. The summed E-state index contributed by atoms with van der Waals surface area (Å²) in [7, 11) is 0. The second-order valence-electron chi connectivity index (χ2n) is 5.42. The van der Waals surface area contributed by atoms with Gasteiger partial charge in [-0.05, 0) is 12.3 Å². The van der Waals surface area contributed by atoms with Crippen LogP contribution >= 0.6 is 11.8 Å². The first kappa shape index (κ1) is 15.3. The van der Waals surface area contributed by atoms with E-state index in [0.717, 1.165) is 11.7 Å². The van der Waals surface area contributed by atoms with Crippen LogP contribution in [-0.4, -0.2) is 16.5 Å². The van der Waals surface area contributed by atoms with Crippen LogP contribution in [0, 0.1) is 5.92 Å². The highest BCUT2D eigenvalue weighted by atomic mass is 32.2. The zero-order valence-electron chi connectivity index (χ0n) is 11.0. The van der Waals surface area contributed by atoms with Crippen LogP contribution in [0.5, 0.6) is 0 Å². The minimum absolute atomic E-state index is 0.336. The fraction of sp³-hybridized carbons (Fsp3) is 1.00. The third kappa shape index (κ3) is 9.21. The molecule has 0 rings (SSSR count). The van der Waals surface area contributed by atoms with Crippen LogP contribution in [0.15, 0.2) is 0 Å². The zero-order chi connectivity index (χ0) is 11.9. The van der Waals surface area contributed by atoms with Gasteiger partial charge < -0.3 is 0 Å². The molecule has 0 radical (unpaired) electrons. The molecule has 2 nitrogen and oxygen atoms in total. The minimum atomic E-state index is 0.336. The van der Waals surface area contributed by atoms with Crippen molar-refractivity contribution in [2.75, 3.05) is 5.75 Å². The SMILES string of the molecule is CCCC(C)CC(CSC(C)(C)C)NN. The Morgan fingerprint density at radius 3 is 2.33 bits per heavy atom. The van der Waals surface area contributed by atoms with Crippen LogP contribution in [-0.2, 0) is 0 Å². The molecule has 0 aromatic carbocycles. The third-order valence-corrected chi connectivity index (χ3v) is 3.86. The van der Waals surface area contributed by atoms with Crippen molar-refractivity contribution in [1.29, 1.82) is 0 Å². The Bertz CT molecular complexity index is 154. The Balaban J connectivity index is 3.82. The van der Waals surface area contributed by atoms with Gasteiger partial charge >= 0.3 is 0 Å². The Labute approximate surface area is 99.7 Å². The van der Waals surface area contributed by atoms with Gasteiger partial charge in [-0.15, -0.1) is 0 Å². The lowest BCUT2D eigenvalue weighted by molar-refractivity contribution is 0.408. The quantitative estimate of drug-likeness (QED) is 0.523. The van der Waals surface area contributed by atoms with E-state index < -0.39 is 0 Å². The van der Waals surface area contributed by atoms with E-state index in [1.54, 1.807) is 0 Å². The van der Waals surface area contributed by atoms with Crippen molar-refractivity contribution in [3.8, 4) is 0 Å². The lowest BCUT2D eigenvalue weighted by Gasteiger charge is -2.24. The first-order chi connectivity index (χ1) is 6.89. The van der Waals surface area contributed by atoms with Gasteiger partial charge in [-0.3, -0.25) is 11.3 Å². The van der Waals surface area contributed by atoms with Gasteiger partial charge in [-0.2, -0.15) is 11.8 Å². The largest absolute Gasteiger partial charge is 0.271 e. The third-order valence-electron chi connectivity index (χ3n) is 2.42. The van der Waals surface area contributed by atoms with E-state index >= 15 is 0 Å². The standard InChI is InChI=1S/C12H28N2S/c1-6-7-10(2)8-11(14-13)9-15-12(3,4)5/h10-11,14H,6-9,13H2,1-5H3. The maximum atomic E-state index is 5.58. The first-order valence-electron chi connectivity index (χ1n) is 5.99. The Hall–Kier alpha value is 0.270. The van der Waals surface area contributed by atoms with Gasteiger partial charge in [0, 0.05) is 16.5 Å². The van der Waals surface area contributed by atoms with Crippen molar-refractivity contribution in [2.24, 2.45) is 11.8 Å². The number of thioether (sulfide) groups is 1. The molecular formula is C12H28N2S. The average molecular weight is 232 g/mol. The number of rotatable bonds is 7. The monoisotopic (exact) mass is 232 g/mol. The maximum absolute atomic E-state index is 5.58. The molecular weight excluding hydrogens is 204 g/mol. The smallest absolute Gasteiger partial charge is 0.0303 e. The molecule has 0 aliphatic carbocycles. The van der Waals surface area contributed by atoms with Crippen molar-refractivity contribution < 1.29 is 0 Å². The summed E-state index contributed by atoms with van der Waals surface area (Å²) in [5.41, 5.74) is 2.94. The fourth-order valence-electron chi connectivity index (χ4n) is 1.63. The molecule has 3 N–H and O–H groups in total. The molecule has 92 valence electrons. The molecule has 0 aliphatic rings. The van der Waals surface area contributed by atoms with Crippen molar-refractivity contribution >= 4 is 11.8 Å². The predicted octanol–water partition coefficient (Wildman–Crippen LogP) is 3.18. The van der Waals surface area contributed by atoms with Crippen LogP contribution in [0.1, 0.15) is 53.9 Å². The summed E-state index contributed by atoms with van der Waals surface area (Å²) in [6.45, 7) is 11.3. The lowest BCUT2D eigenvalue weighted by atomic mass is 9.98. The molecule has 0 heterocycles. The molecule has 0 saturated carbocycles. The molecule has 0 fully saturated rings. The minimum Gasteiger partial charge on any atom is -0.271 e. The van der Waals surface area contributed by atoms with E-state index in [1.165, 1.54) is 19.3 Å². The van der Waals surface area contributed by atoms with Gasteiger partial charge in [-0.1, -0.05) is 47.5 Å². The van der Waals surface area contributed by atoms with Crippen LogP contribution in [0.3, 0.4) is 0 Å². The Kier molecular flexibility index (Phi) is 7.66. The number of hydrogen-bond acceptors (Lipinski definition) is 3. The van der Waals surface area contributed by atoms with Crippen molar-refractivity contribution in [1.82, 2.24) is 5.43 Å². The number of nitrogens with one attached hydrogen (secondary N) is 1.